The van der Waals surface area contributed by atoms with Crippen molar-refractivity contribution in [2.45, 2.75) is 20.8 Å². The number of hydrogen-bond acceptors (Lipinski definition) is 8. The molecule has 2 heterocycles. The van der Waals surface area contributed by atoms with Gasteiger partial charge in [0.05, 0.1) is 5.69 Å². The maximum absolute atomic E-state index is 12.2. The van der Waals surface area contributed by atoms with Gasteiger partial charge in [0, 0.05) is 10.4 Å². The largest absolute Gasteiger partial charge is 0.393 e. The Bertz CT molecular complexity index is 917. The Kier molecular flexibility index (Phi) is 4.99. The molecular weight excluding hydrogens is 350 g/mol. The first kappa shape index (κ1) is 17.6. The van der Waals surface area contributed by atoms with Crippen LogP contribution in [0.3, 0.4) is 0 Å². The van der Waals surface area contributed by atoms with Gasteiger partial charge in [-0.1, -0.05) is 17.7 Å². The molecule has 2 aromatic heterocycles. The summed E-state index contributed by atoms with van der Waals surface area (Å²) in [5, 5.41) is 3.77. The Morgan fingerprint density at radius 2 is 1.77 bits per heavy atom. The van der Waals surface area contributed by atoms with Gasteiger partial charge < -0.3 is 11.1 Å². The molecule has 0 atom stereocenters. The maximum atomic E-state index is 12.2. The zero-order chi connectivity index (χ0) is 18.7. The van der Waals surface area contributed by atoms with E-state index in [-0.39, 0.29) is 11.6 Å². The summed E-state index contributed by atoms with van der Waals surface area (Å²) in [7, 11) is 0. The number of nitrogen functional groups attached to an aromatic ring is 1. The molecule has 1 amide bonds. The second kappa shape index (κ2) is 7.36. The minimum Gasteiger partial charge on any atom is -0.393 e. The topological polar surface area (TPSA) is 118 Å². The fourth-order valence-corrected chi connectivity index (χ4v) is 2.93. The molecule has 0 spiro atoms. The molecule has 3 rings (SSSR count). The summed E-state index contributed by atoms with van der Waals surface area (Å²) in [4.78, 5) is 25.9. The molecule has 8 nitrogen and oxygen atoms in total. The van der Waals surface area contributed by atoms with Crippen molar-refractivity contribution in [3.8, 4) is 0 Å². The highest BCUT2D eigenvalue weighted by atomic mass is 32.1. The van der Waals surface area contributed by atoms with Crippen molar-refractivity contribution in [3.63, 3.8) is 0 Å². The first-order valence-electron chi connectivity index (χ1n) is 7.88. The number of aryl methyl sites for hydroxylation is 3. The van der Waals surface area contributed by atoms with E-state index >= 15 is 0 Å². The predicted molar refractivity (Wildman–Crippen MR) is 104 cm³/mol. The van der Waals surface area contributed by atoms with Crippen LogP contribution in [-0.2, 0) is 0 Å². The number of amides is 1. The first-order chi connectivity index (χ1) is 12.4. The van der Waals surface area contributed by atoms with E-state index in [1.807, 2.05) is 32.9 Å². The zero-order valence-corrected chi connectivity index (χ0v) is 15.4. The molecule has 1 aromatic carbocycles. The van der Waals surface area contributed by atoms with E-state index in [0.717, 1.165) is 16.1 Å². The highest BCUT2D eigenvalue weighted by Crippen LogP contribution is 2.28. The van der Waals surface area contributed by atoms with Gasteiger partial charge in [0.2, 0.25) is 0 Å². The summed E-state index contributed by atoms with van der Waals surface area (Å²) >= 11 is 1.51. The molecule has 0 saturated heterocycles. The summed E-state index contributed by atoms with van der Waals surface area (Å²) in [5.74, 6) is 0.428. The Labute approximate surface area is 154 Å². The number of benzene rings is 1. The number of anilines is 4. The number of carbonyl (C=O) groups excluding carboxylic acids is 1. The molecule has 9 heteroatoms. The van der Waals surface area contributed by atoms with E-state index in [2.05, 4.69) is 31.1 Å². The molecule has 0 bridgehead atoms. The van der Waals surface area contributed by atoms with Gasteiger partial charge >= 0.3 is 0 Å². The lowest BCUT2D eigenvalue weighted by Crippen LogP contribution is -2.30. The molecule has 3 aromatic rings. The van der Waals surface area contributed by atoms with Gasteiger partial charge in [0.25, 0.3) is 5.91 Å². The fourth-order valence-electron chi connectivity index (χ4n) is 2.12. The monoisotopic (exact) mass is 369 g/mol. The first-order valence-corrected chi connectivity index (χ1v) is 8.70. The summed E-state index contributed by atoms with van der Waals surface area (Å²) in [6.07, 6.45) is 1.35. The maximum Gasteiger partial charge on any atom is 0.269 e. The Hall–Kier alpha value is -3.20. The number of carbonyl (C=O) groups is 1. The number of nitrogens with two attached hydrogens (primary N) is 1. The number of nitrogens with one attached hydrogen (secondary N) is 3. The molecule has 0 fully saturated rings. The van der Waals surface area contributed by atoms with Crippen LogP contribution in [0.15, 0.2) is 30.6 Å². The van der Waals surface area contributed by atoms with Crippen molar-refractivity contribution in [3.05, 3.63) is 52.3 Å². The Morgan fingerprint density at radius 1 is 1.08 bits per heavy atom. The second-order valence-electron chi connectivity index (χ2n) is 5.72. The predicted octanol–water partition coefficient (Wildman–Crippen LogP) is 2.94. The van der Waals surface area contributed by atoms with Crippen LogP contribution < -0.4 is 21.9 Å². The van der Waals surface area contributed by atoms with Crippen LogP contribution in [0.25, 0.3) is 0 Å². The number of aromatic nitrogens is 3. The average Bonchev–Trinajstić information content (AvgIpc) is 2.93. The van der Waals surface area contributed by atoms with E-state index in [4.69, 9.17) is 5.73 Å². The van der Waals surface area contributed by atoms with Gasteiger partial charge in [0.15, 0.2) is 16.8 Å². The van der Waals surface area contributed by atoms with Crippen molar-refractivity contribution < 1.29 is 4.79 Å². The Morgan fingerprint density at radius 3 is 2.42 bits per heavy atom. The normalized spacial score (nSPS) is 10.4. The van der Waals surface area contributed by atoms with Crippen molar-refractivity contribution >= 4 is 39.7 Å². The minimum atomic E-state index is -0.288. The molecule has 0 unspecified atom stereocenters. The SMILES string of the molecule is Cc1ccc(C(=O)NNc2ncnc(Nc3nc(C)c(C)s3)c2N)cc1. The zero-order valence-electron chi connectivity index (χ0n) is 14.6. The summed E-state index contributed by atoms with van der Waals surface area (Å²) in [6.45, 7) is 5.89. The van der Waals surface area contributed by atoms with Gasteiger partial charge in [-0.15, -0.1) is 11.3 Å². The van der Waals surface area contributed by atoms with E-state index in [1.54, 1.807) is 12.1 Å². The minimum absolute atomic E-state index is 0.280. The number of hydrogen-bond donors (Lipinski definition) is 4. The molecule has 5 N–H and O–H groups in total. The number of hydrazine groups is 1. The molecule has 0 aliphatic rings. The summed E-state index contributed by atoms with van der Waals surface area (Å²) < 4.78 is 0. The van der Waals surface area contributed by atoms with E-state index in [1.165, 1.54) is 17.7 Å². The van der Waals surface area contributed by atoms with Crippen molar-refractivity contribution in [1.29, 1.82) is 0 Å². The third kappa shape index (κ3) is 3.89. The average molecular weight is 369 g/mol. The number of thiazole rings is 1. The third-order valence-electron chi connectivity index (χ3n) is 3.75. The van der Waals surface area contributed by atoms with Crippen molar-refractivity contribution in [2.75, 3.05) is 16.5 Å². The highest BCUT2D eigenvalue weighted by molar-refractivity contribution is 7.15. The quantitative estimate of drug-likeness (QED) is 0.511. The third-order valence-corrected chi connectivity index (χ3v) is 4.73. The van der Waals surface area contributed by atoms with E-state index in [9.17, 15) is 4.79 Å². The highest BCUT2D eigenvalue weighted by Gasteiger charge is 2.12. The Balaban J connectivity index is 1.70. The smallest absolute Gasteiger partial charge is 0.269 e. The van der Waals surface area contributed by atoms with Crippen LogP contribution in [0.4, 0.5) is 22.5 Å². The van der Waals surface area contributed by atoms with Gasteiger partial charge in [0.1, 0.15) is 12.0 Å². The molecule has 0 saturated carbocycles. The van der Waals surface area contributed by atoms with Crippen LogP contribution in [-0.4, -0.2) is 20.9 Å². The molecule has 0 radical (unpaired) electrons. The lowest BCUT2D eigenvalue weighted by Gasteiger charge is -2.12. The van der Waals surface area contributed by atoms with Gasteiger partial charge in [-0.3, -0.25) is 15.6 Å². The van der Waals surface area contributed by atoms with Crippen molar-refractivity contribution in [2.24, 2.45) is 0 Å². The van der Waals surface area contributed by atoms with Gasteiger partial charge in [-0.05, 0) is 32.9 Å². The van der Waals surface area contributed by atoms with Crippen LogP contribution in [0.2, 0.25) is 0 Å². The van der Waals surface area contributed by atoms with Crippen LogP contribution in [0, 0.1) is 20.8 Å². The van der Waals surface area contributed by atoms with Crippen LogP contribution in [0.1, 0.15) is 26.5 Å². The standard InChI is InChI=1S/C17H19N7OS/c1-9-4-6-12(7-5-9)16(25)24-23-15-13(18)14(19-8-20-15)22-17-21-10(2)11(3)26-17/h4-8H,18H2,1-3H3,(H,24,25)(H2,19,20,21,22,23). The fraction of sp³-hybridized carbons (Fsp3) is 0.176. The second-order valence-corrected chi connectivity index (χ2v) is 6.92. The lowest BCUT2D eigenvalue weighted by molar-refractivity contribution is 0.0962. The molecule has 26 heavy (non-hydrogen) atoms. The van der Waals surface area contributed by atoms with Gasteiger partial charge in [-0.2, -0.15) is 0 Å². The summed E-state index contributed by atoms with van der Waals surface area (Å²) in [6, 6.07) is 7.23. The van der Waals surface area contributed by atoms with E-state index in [0.29, 0.717) is 22.3 Å². The number of rotatable bonds is 5. The van der Waals surface area contributed by atoms with Crippen molar-refractivity contribution in [1.82, 2.24) is 20.4 Å². The van der Waals surface area contributed by atoms with Gasteiger partial charge in [-0.25, -0.2) is 15.0 Å². The molecule has 0 aliphatic heterocycles. The molecular formula is C17H19N7OS. The molecule has 134 valence electrons. The van der Waals surface area contributed by atoms with E-state index < -0.39 is 0 Å². The van der Waals surface area contributed by atoms with Crippen LogP contribution >= 0.6 is 11.3 Å². The molecule has 0 aliphatic carbocycles. The lowest BCUT2D eigenvalue weighted by atomic mass is 10.1. The summed E-state index contributed by atoms with van der Waals surface area (Å²) in [5.41, 5.74) is 14.3. The van der Waals surface area contributed by atoms with Crippen LogP contribution in [0.5, 0.6) is 0 Å². The number of nitrogens with zero attached hydrogens (tertiary/aromatic N) is 3.